The summed E-state index contributed by atoms with van der Waals surface area (Å²) in [5, 5.41) is 6.15. The Hall–Kier alpha value is -1.59. The van der Waals surface area contributed by atoms with Crippen LogP contribution in [0.15, 0.2) is 17.5 Å². The standard InChI is InChI=1S/C16H23N3OS/c1-11-7-12(2)15(20-3)13(8-11)9-18-6-4-5-14-10-21-16(17)19-14/h7-8,10,18H,4-6,9H2,1-3H3,(H2,17,19). The van der Waals surface area contributed by atoms with Crippen LogP contribution in [-0.2, 0) is 13.0 Å². The molecule has 0 spiro atoms. The maximum Gasteiger partial charge on any atom is 0.180 e. The Kier molecular flexibility index (Phi) is 5.59. The number of anilines is 1. The molecule has 0 aliphatic carbocycles. The van der Waals surface area contributed by atoms with Gasteiger partial charge in [-0.05, 0) is 38.8 Å². The van der Waals surface area contributed by atoms with Crippen molar-refractivity contribution in [1.82, 2.24) is 10.3 Å². The molecule has 0 aliphatic heterocycles. The van der Waals surface area contributed by atoms with Crippen LogP contribution in [0.3, 0.4) is 0 Å². The van der Waals surface area contributed by atoms with Crippen LogP contribution in [0.1, 0.15) is 28.8 Å². The van der Waals surface area contributed by atoms with Gasteiger partial charge in [0.2, 0.25) is 0 Å². The molecule has 0 atom stereocenters. The quantitative estimate of drug-likeness (QED) is 0.772. The largest absolute Gasteiger partial charge is 0.496 e. The van der Waals surface area contributed by atoms with E-state index in [1.54, 1.807) is 7.11 Å². The minimum atomic E-state index is 0.651. The van der Waals surface area contributed by atoms with Crippen molar-refractivity contribution in [3.05, 3.63) is 39.9 Å². The van der Waals surface area contributed by atoms with E-state index in [0.29, 0.717) is 5.13 Å². The molecular weight excluding hydrogens is 282 g/mol. The van der Waals surface area contributed by atoms with Crippen molar-refractivity contribution in [2.24, 2.45) is 0 Å². The van der Waals surface area contributed by atoms with Crippen LogP contribution >= 0.6 is 11.3 Å². The van der Waals surface area contributed by atoms with Gasteiger partial charge in [0.15, 0.2) is 5.13 Å². The van der Waals surface area contributed by atoms with Crippen molar-refractivity contribution in [1.29, 1.82) is 0 Å². The highest BCUT2D eigenvalue weighted by Gasteiger charge is 2.07. The Morgan fingerprint density at radius 3 is 2.81 bits per heavy atom. The van der Waals surface area contributed by atoms with E-state index >= 15 is 0 Å². The van der Waals surface area contributed by atoms with Crippen LogP contribution in [0, 0.1) is 13.8 Å². The Morgan fingerprint density at radius 2 is 2.14 bits per heavy atom. The van der Waals surface area contributed by atoms with Crippen LogP contribution < -0.4 is 15.8 Å². The van der Waals surface area contributed by atoms with Gasteiger partial charge in [-0.1, -0.05) is 17.7 Å². The number of hydrogen-bond acceptors (Lipinski definition) is 5. The number of hydrogen-bond donors (Lipinski definition) is 2. The van der Waals surface area contributed by atoms with E-state index in [4.69, 9.17) is 10.5 Å². The summed E-state index contributed by atoms with van der Waals surface area (Å²) in [6.45, 7) is 5.98. The van der Waals surface area contributed by atoms with Crippen molar-refractivity contribution in [2.45, 2.75) is 33.2 Å². The highest BCUT2D eigenvalue weighted by molar-refractivity contribution is 7.13. The number of aromatic nitrogens is 1. The van der Waals surface area contributed by atoms with Gasteiger partial charge in [-0.3, -0.25) is 0 Å². The molecule has 2 rings (SSSR count). The molecule has 114 valence electrons. The highest BCUT2D eigenvalue weighted by atomic mass is 32.1. The summed E-state index contributed by atoms with van der Waals surface area (Å²) < 4.78 is 5.50. The molecule has 0 saturated heterocycles. The maximum absolute atomic E-state index is 5.62. The predicted octanol–water partition coefficient (Wildman–Crippen LogP) is 3.07. The second-order valence-electron chi connectivity index (χ2n) is 5.23. The topological polar surface area (TPSA) is 60.2 Å². The molecule has 1 heterocycles. The van der Waals surface area contributed by atoms with Gasteiger partial charge in [0.05, 0.1) is 12.8 Å². The van der Waals surface area contributed by atoms with E-state index in [1.807, 2.05) is 5.38 Å². The summed E-state index contributed by atoms with van der Waals surface area (Å²) in [5.74, 6) is 0.986. The molecule has 0 aliphatic rings. The normalized spacial score (nSPS) is 10.8. The van der Waals surface area contributed by atoms with E-state index in [2.05, 4.69) is 36.3 Å². The lowest BCUT2D eigenvalue weighted by Gasteiger charge is -2.13. The van der Waals surface area contributed by atoms with Gasteiger partial charge >= 0.3 is 0 Å². The van der Waals surface area contributed by atoms with Gasteiger partial charge in [0.1, 0.15) is 5.75 Å². The van der Waals surface area contributed by atoms with E-state index < -0.39 is 0 Å². The van der Waals surface area contributed by atoms with Crippen molar-refractivity contribution in [3.8, 4) is 5.75 Å². The van der Waals surface area contributed by atoms with Gasteiger partial charge in [0, 0.05) is 17.5 Å². The second-order valence-corrected chi connectivity index (χ2v) is 6.12. The lowest BCUT2D eigenvalue weighted by atomic mass is 10.1. The first-order valence-corrected chi connectivity index (χ1v) is 8.03. The number of benzene rings is 1. The third-order valence-electron chi connectivity index (χ3n) is 3.37. The van der Waals surface area contributed by atoms with Crippen molar-refractivity contribution in [3.63, 3.8) is 0 Å². The number of nitrogens with two attached hydrogens (primary N) is 1. The molecule has 0 bridgehead atoms. The average Bonchev–Trinajstić information content (AvgIpc) is 2.83. The van der Waals surface area contributed by atoms with Gasteiger partial charge in [-0.2, -0.15) is 0 Å². The fourth-order valence-corrected chi connectivity index (χ4v) is 3.12. The van der Waals surface area contributed by atoms with Crippen LogP contribution in [0.4, 0.5) is 5.13 Å². The molecule has 0 fully saturated rings. The van der Waals surface area contributed by atoms with Crippen LogP contribution in [0.5, 0.6) is 5.75 Å². The number of aryl methyl sites for hydroxylation is 3. The molecule has 0 amide bonds. The fourth-order valence-electron chi connectivity index (χ4n) is 2.52. The molecule has 4 nitrogen and oxygen atoms in total. The maximum atomic E-state index is 5.62. The number of rotatable bonds is 7. The minimum Gasteiger partial charge on any atom is -0.496 e. The summed E-state index contributed by atoms with van der Waals surface area (Å²) in [7, 11) is 1.73. The van der Waals surface area contributed by atoms with Crippen molar-refractivity contribution in [2.75, 3.05) is 19.4 Å². The smallest absolute Gasteiger partial charge is 0.180 e. The SMILES string of the molecule is COc1c(C)cc(C)cc1CNCCCc1csc(N)n1. The zero-order valence-corrected chi connectivity index (χ0v) is 13.7. The van der Waals surface area contributed by atoms with Gasteiger partial charge < -0.3 is 15.8 Å². The van der Waals surface area contributed by atoms with Gasteiger partial charge in [-0.15, -0.1) is 11.3 Å². The number of ether oxygens (including phenoxy) is 1. The third-order valence-corrected chi connectivity index (χ3v) is 4.09. The Morgan fingerprint density at radius 1 is 1.33 bits per heavy atom. The Bertz CT molecular complexity index is 595. The first-order chi connectivity index (χ1) is 10.1. The Balaban J connectivity index is 1.80. The number of thiazole rings is 1. The molecule has 1 aromatic carbocycles. The van der Waals surface area contributed by atoms with E-state index in [0.717, 1.165) is 37.4 Å². The van der Waals surface area contributed by atoms with Crippen molar-refractivity contribution < 1.29 is 4.74 Å². The first kappa shape index (κ1) is 15.8. The zero-order valence-electron chi connectivity index (χ0n) is 12.9. The summed E-state index contributed by atoms with van der Waals surface area (Å²) >= 11 is 1.50. The fraction of sp³-hybridized carbons (Fsp3) is 0.438. The molecule has 3 N–H and O–H groups in total. The number of nitrogens with one attached hydrogen (secondary N) is 1. The predicted molar refractivity (Wildman–Crippen MR) is 89.0 cm³/mol. The van der Waals surface area contributed by atoms with E-state index in [-0.39, 0.29) is 0 Å². The van der Waals surface area contributed by atoms with Crippen LogP contribution in [0.2, 0.25) is 0 Å². The minimum absolute atomic E-state index is 0.651. The second kappa shape index (κ2) is 7.43. The molecule has 5 heteroatoms. The van der Waals surface area contributed by atoms with Gasteiger partial charge in [-0.25, -0.2) is 4.98 Å². The molecule has 0 unspecified atom stereocenters. The lowest BCUT2D eigenvalue weighted by Crippen LogP contribution is -2.16. The number of nitrogens with zero attached hydrogens (tertiary/aromatic N) is 1. The molecule has 1 aromatic heterocycles. The average molecular weight is 305 g/mol. The molecular formula is C16H23N3OS. The van der Waals surface area contributed by atoms with Crippen molar-refractivity contribution >= 4 is 16.5 Å². The number of methoxy groups -OCH3 is 1. The zero-order chi connectivity index (χ0) is 15.2. The molecule has 21 heavy (non-hydrogen) atoms. The van der Waals surface area contributed by atoms with Crippen LogP contribution in [0.25, 0.3) is 0 Å². The molecule has 0 saturated carbocycles. The van der Waals surface area contributed by atoms with Crippen LogP contribution in [-0.4, -0.2) is 18.6 Å². The van der Waals surface area contributed by atoms with E-state index in [9.17, 15) is 0 Å². The Labute approximate surface area is 130 Å². The first-order valence-electron chi connectivity index (χ1n) is 7.15. The monoisotopic (exact) mass is 305 g/mol. The lowest BCUT2D eigenvalue weighted by molar-refractivity contribution is 0.404. The summed E-state index contributed by atoms with van der Waals surface area (Å²) in [5.41, 5.74) is 10.4. The summed E-state index contributed by atoms with van der Waals surface area (Å²) in [4.78, 5) is 4.27. The van der Waals surface area contributed by atoms with Gasteiger partial charge in [0.25, 0.3) is 0 Å². The summed E-state index contributed by atoms with van der Waals surface area (Å²) in [6, 6.07) is 4.33. The van der Waals surface area contributed by atoms with E-state index in [1.165, 1.54) is 28.0 Å². The summed E-state index contributed by atoms with van der Waals surface area (Å²) in [6.07, 6.45) is 2.01. The third kappa shape index (κ3) is 4.44. The molecule has 2 aromatic rings. The highest BCUT2D eigenvalue weighted by Crippen LogP contribution is 2.24. The molecule has 0 radical (unpaired) electrons. The number of nitrogen functional groups attached to an aromatic ring is 1.